The Kier molecular flexibility index (Phi) is 5.56. The number of nitrogens with zero attached hydrogens (tertiary/aromatic N) is 1. The number of hydrogen-bond donors (Lipinski definition) is 3. The molecule has 0 bridgehead atoms. The lowest BCUT2D eigenvalue weighted by Crippen LogP contribution is -2.59. The number of amides is 3. The molecule has 4 N–H and O–H groups in total. The fraction of sp³-hybridized carbons (Fsp3) is 0.526. The summed E-state index contributed by atoms with van der Waals surface area (Å²) in [5.74, 6) is -0.650. The van der Waals surface area contributed by atoms with Crippen molar-refractivity contribution in [3.05, 3.63) is 35.9 Å². The van der Waals surface area contributed by atoms with E-state index < -0.39 is 18.1 Å². The molecule has 2 heterocycles. The Hall–Kier alpha value is -2.41. The summed E-state index contributed by atoms with van der Waals surface area (Å²) < 4.78 is 0. The molecule has 3 rings (SSSR count). The summed E-state index contributed by atoms with van der Waals surface area (Å²) in [5, 5.41) is 5.64. The molecule has 3 amide bonds. The summed E-state index contributed by atoms with van der Waals surface area (Å²) >= 11 is 0. The van der Waals surface area contributed by atoms with Crippen molar-refractivity contribution in [2.24, 2.45) is 5.73 Å². The lowest BCUT2D eigenvalue weighted by molar-refractivity contribution is -0.146. The Morgan fingerprint density at radius 2 is 1.88 bits per heavy atom. The second kappa shape index (κ2) is 7.86. The predicted molar refractivity (Wildman–Crippen MR) is 96.8 cm³/mol. The Labute approximate surface area is 153 Å². The van der Waals surface area contributed by atoms with Gasteiger partial charge in [0.05, 0.1) is 6.04 Å². The number of benzene rings is 1. The number of fused-ring (bicyclic) bond motifs is 1. The highest BCUT2D eigenvalue weighted by Crippen LogP contribution is 2.32. The molecule has 7 heteroatoms. The zero-order valence-electron chi connectivity index (χ0n) is 15.0. The van der Waals surface area contributed by atoms with Crippen molar-refractivity contribution < 1.29 is 14.4 Å². The quantitative estimate of drug-likeness (QED) is 0.703. The van der Waals surface area contributed by atoms with Crippen LogP contribution in [0, 0.1) is 0 Å². The van der Waals surface area contributed by atoms with Gasteiger partial charge in [-0.2, -0.15) is 0 Å². The standard InChI is InChI=1S/C19H26N4O3/c1-12(20)17(24)22-15-9-7-14-8-10-16(23(14)19(15)26)18(25)21-11-13-5-3-2-4-6-13/h2-6,12,14-16H,7-11,20H2,1H3,(H,21,25)(H,22,24)/t12-,14-,15?,16-/m0/s1. The number of carbonyl (C=O) groups excluding carboxylic acids is 3. The van der Waals surface area contributed by atoms with E-state index in [9.17, 15) is 14.4 Å². The molecule has 1 aromatic rings. The van der Waals surface area contributed by atoms with E-state index in [1.165, 1.54) is 0 Å². The predicted octanol–water partition coefficient (Wildman–Crippen LogP) is 0.288. The molecule has 1 unspecified atom stereocenters. The van der Waals surface area contributed by atoms with Crippen LogP contribution in [0.25, 0.3) is 0 Å². The fourth-order valence-corrected chi connectivity index (χ4v) is 3.76. The van der Waals surface area contributed by atoms with Crippen molar-refractivity contribution in [2.75, 3.05) is 0 Å². The van der Waals surface area contributed by atoms with Crippen LogP contribution in [0.5, 0.6) is 0 Å². The van der Waals surface area contributed by atoms with Crippen LogP contribution in [0.2, 0.25) is 0 Å². The molecular weight excluding hydrogens is 332 g/mol. The lowest BCUT2D eigenvalue weighted by Gasteiger charge is -2.38. The Bertz CT molecular complexity index is 677. The van der Waals surface area contributed by atoms with Gasteiger partial charge in [-0.3, -0.25) is 14.4 Å². The molecule has 140 valence electrons. The summed E-state index contributed by atoms with van der Waals surface area (Å²) in [5.41, 5.74) is 6.59. The third-order valence-corrected chi connectivity index (χ3v) is 5.19. The number of piperidine rings is 1. The van der Waals surface area contributed by atoms with E-state index in [1.54, 1.807) is 11.8 Å². The van der Waals surface area contributed by atoms with Gasteiger partial charge in [0.15, 0.2) is 0 Å². The van der Waals surface area contributed by atoms with Gasteiger partial charge in [-0.25, -0.2) is 0 Å². The van der Waals surface area contributed by atoms with E-state index in [1.807, 2.05) is 30.3 Å². The van der Waals surface area contributed by atoms with Crippen LogP contribution in [0.1, 0.15) is 38.2 Å². The van der Waals surface area contributed by atoms with Gasteiger partial charge >= 0.3 is 0 Å². The highest BCUT2D eigenvalue weighted by atomic mass is 16.2. The summed E-state index contributed by atoms with van der Waals surface area (Å²) in [6.45, 7) is 2.02. The second-order valence-electron chi connectivity index (χ2n) is 7.12. The fourth-order valence-electron chi connectivity index (χ4n) is 3.76. The minimum atomic E-state index is -0.663. The Morgan fingerprint density at radius 1 is 1.19 bits per heavy atom. The average molecular weight is 358 g/mol. The van der Waals surface area contributed by atoms with E-state index in [0.29, 0.717) is 19.4 Å². The van der Waals surface area contributed by atoms with Gasteiger partial charge in [-0.1, -0.05) is 30.3 Å². The molecule has 0 aromatic heterocycles. The van der Waals surface area contributed by atoms with Crippen molar-refractivity contribution in [2.45, 2.75) is 63.3 Å². The number of hydrogen-bond acceptors (Lipinski definition) is 4. The maximum atomic E-state index is 12.8. The minimum absolute atomic E-state index is 0.0819. The van der Waals surface area contributed by atoms with Gasteiger partial charge in [0.1, 0.15) is 12.1 Å². The van der Waals surface area contributed by atoms with Gasteiger partial charge in [-0.05, 0) is 38.2 Å². The first-order chi connectivity index (χ1) is 12.5. The molecule has 0 spiro atoms. The maximum absolute atomic E-state index is 12.8. The van der Waals surface area contributed by atoms with Crippen LogP contribution in [-0.2, 0) is 20.9 Å². The van der Waals surface area contributed by atoms with Gasteiger partial charge in [0.25, 0.3) is 0 Å². The Balaban J connectivity index is 1.63. The zero-order chi connectivity index (χ0) is 18.7. The van der Waals surface area contributed by atoms with Crippen LogP contribution in [-0.4, -0.2) is 46.8 Å². The summed E-state index contributed by atoms with van der Waals surface area (Å²) in [7, 11) is 0. The molecule has 2 saturated heterocycles. The molecule has 0 radical (unpaired) electrons. The van der Waals surface area contributed by atoms with Crippen molar-refractivity contribution in [1.82, 2.24) is 15.5 Å². The van der Waals surface area contributed by atoms with E-state index in [0.717, 1.165) is 18.4 Å². The maximum Gasteiger partial charge on any atom is 0.246 e. The molecule has 2 aliphatic heterocycles. The molecule has 4 atom stereocenters. The van der Waals surface area contributed by atoms with Crippen LogP contribution in [0.4, 0.5) is 0 Å². The molecule has 2 fully saturated rings. The first-order valence-corrected chi connectivity index (χ1v) is 9.17. The van der Waals surface area contributed by atoms with Crippen molar-refractivity contribution in [1.29, 1.82) is 0 Å². The first kappa shape index (κ1) is 18.4. The SMILES string of the molecule is C[C@H](N)C(=O)NC1CC[C@H]2CC[C@@H](C(=O)NCc3ccccc3)N2C1=O. The largest absolute Gasteiger partial charge is 0.350 e. The van der Waals surface area contributed by atoms with Crippen LogP contribution in [0.15, 0.2) is 30.3 Å². The normalized spacial score (nSPS) is 26.2. The number of nitrogens with two attached hydrogens (primary N) is 1. The van der Waals surface area contributed by atoms with Crippen LogP contribution >= 0.6 is 0 Å². The second-order valence-corrected chi connectivity index (χ2v) is 7.12. The summed E-state index contributed by atoms with van der Waals surface area (Å²) in [4.78, 5) is 39.0. The van der Waals surface area contributed by atoms with Crippen molar-refractivity contribution in [3.8, 4) is 0 Å². The first-order valence-electron chi connectivity index (χ1n) is 9.17. The van der Waals surface area contributed by atoms with E-state index in [2.05, 4.69) is 10.6 Å². The molecule has 2 aliphatic rings. The van der Waals surface area contributed by atoms with Crippen LogP contribution < -0.4 is 16.4 Å². The molecular formula is C19H26N4O3. The zero-order valence-corrected chi connectivity index (χ0v) is 15.0. The van der Waals surface area contributed by atoms with Gasteiger partial charge in [0, 0.05) is 12.6 Å². The highest BCUT2D eigenvalue weighted by Gasteiger charge is 2.46. The summed E-state index contributed by atoms with van der Waals surface area (Å²) in [6.07, 6.45) is 2.86. The van der Waals surface area contributed by atoms with Crippen LogP contribution in [0.3, 0.4) is 0 Å². The van der Waals surface area contributed by atoms with E-state index in [-0.39, 0.29) is 23.8 Å². The smallest absolute Gasteiger partial charge is 0.246 e. The van der Waals surface area contributed by atoms with Gasteiger partial charge < -0.3 is 21.3 Å². The molecule has 26 heavy (non-hydrogen) atoms. The number of nitrogens with one attached hydrogen (secondary N) is 2. The number of carbonyl (C=O) groups is 3. The molecule has 1 aromatic carbocycles. The van der Waals surface area contributed by atoms with Crippen molar-refractivity contribution >= 4 is 17.7 Å². The van der Waals surface area contributed by atoms with E-state index in [4.69, 9.17) is 5.73 Å². The number of rotatable bonds is 5. The topological polar surface area (TPSA) is 105 Å². The summed E-state index contributed by atoms with van der Waals surface area (Å²) in [6, 6.07) is 8.03. The third kappa shape index (κ3) is 3.88. The average Bonchev–Trinajstić information content (AvgIpc) is 3.07. The van der Waals surface area contributed by atoms with Gasteiger partial charge in [-0.15, -0.1) is 0 Å². The minimum Gasteiger partial charge on any atom is -0.350 e. The Morgan fingerprint density at radius 3 is 2.58 bits per heavy atom. The third-order valence-electron chi connectivity index (χ3n) is 5.19. The monoisotopic (exact) mass is 358 g/mol. The van der Waals surface area contributed by atoms with E-state index >= 15 is 0 Å². The lowest BCUT2D eigenvalue weighted by atomic mass is 9.97. The molecule has 0 aliphatic carbocycles. The van der Waals surface area contributed by atoms with Gasteiger partial charge in [0.2, 0.25) is 17.7 Å². The van der Waals surface area contributed by atoms with Crippen molar-refractivity contribution in [3.63, 3.8) is 0 Å². The highest BCUT2D eigenvalue weighted by molar-refractivity contribution is 5.94. The molecule has 7 nitrogen and oxygen atoms in total. The molecule has 0 saturated carbocycles.